The van der Waals surface area contributed by atoms with Crippen molar-refractivity contribution in [3.63, 3.8) is 0 Å². The molecule has 1 nitrogen and oxygen atoms in total. The lowest BCUT2D eigenvalue weighted by molar-refractivity contribution is 1.11. The minimum Gasteiger partial charge on any atom is -0.326 e. The standard InChI is InChI=1S/C12H12BrNS/c1-8-2-4-11(13)10(6-8)12-5-3-9(7-14)15-12/h2-6H,7,14H2,1H3. The molecular weight excluding hydrogens is 270 g/mol. The van der Waals surface area contributed by atoms with Crippen LogP contribution in [-0.4, -0.2) is 0 Å². The number of thiophene rings is 1. The lowest BCUT2D eigenvalue weighted by Gasteiger charge is -2.02. The molecule has 0 amide bonds. The molecule has 3 heteroatoms. The minimum atomic E-state index is 0.619. The Morgan fingerprint density at radius 1 is 1.27 bits per heavy atom. The van der Waals surface area contributed by atoms with Gasteiger partial charge in [-0.1, -0.05) is 27.6 Å². The Morgan fingerprint density at radius 3 is 2.73 bits per heavy atom. The molecule has 1 heterocycles. The van der Waals surface area contributed by atoms with Crippen molar-refractivity contribution in [1.82, 2.24) is 0 Å². The van der Waals surface area contributed by atoms with Crippen LogP contribution >= 0.6 is 27.3 Å². The van der Waals surface area contributed by atoms with Crippen LogP contribution < -0.4 is 5.73 Å². The van der Waals surface area contributed by atoms with Crippen LogP contribution in [-0.2, 0) is 6.54 Å². The van der Waals surface area contributed by atoms with Gasteiger partial charge in [0.2, 0.25) is 0 Å². The van der Waals surface area contributed by atoms with Gasteiger partial charge in [-0.25, -0.2) is 0 Å². The van der Waals surface area contributed by atoms with Crippen molar-refractivity contribution in [3.05, 3.63) is 45.2 Å². The Bertz CT molecular complexity index is 476. The zero-order valence-electron chi connectivity index (χ0n) is 8.46. The zero-order chi connectivity index (χ0) is 10.8. The minimum absolute atomic E-state index is 0.619. The summed E-state index contributed by atoms with van der Waals surface area (Å²) in [5, 5.41) is 0. The lowest BCUT2D eigenvalue weighted by Crippen LogP contribution is -1.91. The average Bonchev–Trinajstić information content (AvgIpc) is 2.70. The second kappa shape index (κ2) is 4.47. The van der Waals surface area contributed by atoms with E-state index in [1.807, 2.05) is 0 Å². The van der Waals surface area contributed by atoms with E-state index < -0.39 is 0 Å². The molecular formula is C12H12BrNS. The third-order valence-corrected chi connectivity index (χ3v) is 4.08. The van der Waals surface area contributed by atoms with E-state index in [-0.39, 0.29) is 0 Å². The van der Waals surface area contributed by atoms with Crippen LogP contribution in [0.2, 0.25) is 0 Å². The summed E-state index contributed by atoms with van der Waals surface area (Å²) in [7, 11) is 0. The van der Waals surface area contributed by atoms with Gasteiger partial charge >= 0.3 is 0 Å². The largest absolute Gasteiger partial charge is 0.326 e. The van der Waals surface area contributed by atoms with E-state index in [0.717, 1.165) is 4.47 Å². The first kappa shape index (κ1) is 10.9. The summed E-state index contributed by atoms with van der Waals surface area (Å²) in [5.41, 5.74) is 8.13. The maximum absolute atomic E-state index is 5.61. The topological polar surface area (TPSA) is 26.0 Å². The van der Waals surface area contributed by atoms with Crippen molar-refractivity contribution in [2.75, 3.05) is 0 Å². The van der Waals surface area contributed by atoms with Gasteiger partial charge in [0.15, 0.2) is 0 Å². The van der Waals surface area contributed by atoms with E-state index in [0.29, 0.717) is 6.54 Å². The molecule has 15 heavy (non-hydrogen) atoms. The van der Waals surface area contributed by atoms with E-state index in [1.165, 1.54) is 20.9 Å². The Hall–Kier alpha value is -0.640. The molecule has 2 aromatic rings. The van der Waals surface area contributed by atoms with Gasteiger partial charge in [0.25, 0.3) is 0 Å². The van der Waals surface area contributed by atoms with Crippen LogP contribution in [0, 0.1) is 6.92 Å². The van der Waals surface area contributed by atoms with E-state index in [2.05, 4.69) is 53.2 Å². The Balaban J connectivity index is 2.48. The van der Waals surface area contributed by atoms with Gasteiger partial charge in [-0.05, 0) is 31.2 Å². The summed E-state index contributed by atoms with van der Waals surface area (Å²) in [5.74, 6) is 0. The number of hydrogen-bond donors (Lipinski definition) is 1. The third kappa shape index (κ3) is 2.30. The fourth-order valence-corrected chi connectivity index (χ4v) is 2.97. The third-order valence-electron chi connectivity index (χ3n) is 2.25. The molecule has 0 aliphatic heterocycles. The average molecular weight is 282 g/mol. The van der Waals surface area contributed by atoms with E-state index >= 15 is 0 Å². The first-order chi connectivity index (χ1) is 7.20. The summed E-state index contributed by atoms with van der Waals surface area (Å²) < 4.78 is 1.14. The smallest absolute Gasteiger partial charge is 0.0357 e. The number of halogens is 1. The van der Waals surface area contributed by atoms with Crippen molar-refractivity contribution >= 4 is 27.3 Å². The summed E-state index contributed by atoms with van der Waals surface area (Å²) in [6, 6.07) is 10.6. The van der Waals surface area contributed by atoms with E-state index in [1.54, 1.807) is 11.3 Å². The van der Waals surface area contributed by atoms with Crippen molar-refractivity contribution < 1.29 is 0 Å². The molecule has 0 bridgehead atoms. The summed E-state index contributed by atoms with van der Waals surface area (Å²) in [6.45, 7) is 2.72. The Kier molecular flexibility index (Phi) is 3.24. The molecule has 1 aromatic carbocycles. The monoisotopic (exact) mass is 281 g/mol. The summed E-state index contributed by atoms with van der Waals surface area (Å²) in [4.78, 5) is 2.49. The van der Waals surface area contributed by atoms with Gasteiger partial charge in [-0.2, -0.15) is 0 Å². The highest BCUT2D eigenvalue weighted by atomic mass is 79.9. The molecule has 0 saturated carbocycles. The number of benzene rings is 1. The molecule has 0 radical (unpaired) electrons. The van der Waals surface area contributed by atoms with Crippen molar-refractivity contribution in [2.24, 2.45) is 5.73 Å². The lowest BCUT2D eigenvalue weighted by atomic mass is 10.1. The highest BCUT2D eigenvalue weighted by Gasteiger charge is 2.06. The molecule has 78 valence electrons. The van der Waals surface area contributed by atoms with Gasteiger partial charge in [0.05, 0.1) is 0 Å². The van der Waals surface area contributed by atoms with Gasteiger partial charge in [-0.3, -0.25) is 0 Å². The van der Waals surface area contributed by atoms with Gasteiger partial charge < -0.3 is 5.73 Å². The fourth-order valence-electron chi connectivity index (χ4n) is 1.46. The molecule has 2 N–H and O–H groups in total. The molecule has 1 aromatic heterocycles. The van der Waals surface area contributed by atoms with E-state index in [9.17, 15) is 0 Å². The van der Waals surface area contributed by atoms with Crippen molar-refractivity contribution in [1.29, 1.82) is 0 Å². The quantitative estimate of drug-likeness (QED) is 0.887. The molecule has 0 unspecified atom stereocenters. The highest BCUT2D eigenvalue weighted by Crippen LogP contribution is 2.34. The van der Waals surface area contributed by atoms with Crippen LogP contribution in [0.25, 0.3) is 10.4 Å². The molecule has 0 spiro atoms. The number of aryl methyl sites for hydroxylation is 1. The number of nitrogens with two attached hydrogens (primary N) is 1. The van der Waals surface area contributed by atoms with Gasteiger partial charge in [0, 0.05) is 26.3 Å². The molecule has 0 aliphatic carbocycles. The van der Waals surface area contributed by atoms with Crippen molar-refractivity contribution in [2.45, 2.75) is 13.5 Å². The normalized spacial score (nSPS) is 10.6. The summed E-state index contributed by atoms with van der Waals surface area (Å²) in [6.07, 6.45) is 0. The molecule has 0 atom stereocenters. The number of hydrogen-bond acceptors (Lipinski definition) is 2. The molecule has 2 rings (SSSR count). The SMILES string of the molecule is Cc1ccc(Br)c(-c2ccc(CN)s2)c1. The molecule has 0 saturated heterocycles. The van der Waals surface area contributed by atoms with Crippen LogP contribution in [0.1, 0.15) is 10.4 Å². The van der Waals surface area contributed by atoms with Gasteiger partial charge in [0.1, 0.15) is 0 Å². The maximum Gasteiger partial charge on any atom is 0.0357 e. The predicted molar refractivity (Wildman–Crippen MR) is 70.1 cm³/mol. The second-order valence-electron chi connectivity index (χ2n) is 3.45. The Morgan fingerprint density at radius 2 is 2.07 bits per heavy atom. The molecule has 0 aliphatic rings. The highest BCUT2D eigenvalue weighted by molar-refractivity contribution is 9.10. The van der Waals surface area contributed by atoms with E-state index in [4.69, 9.17) is 5.73 Å². The van der Waals surface area contributed by atoms with Crippen LogP contribution in [0.15, 0.2) is 34.8 Å². The van der Waals surface area contributed by atoms with Crippen LogP contribution in [0.5, 0.6) is 0 Å². The van der Waals surface area contributed by atoms with Gasteiger partial charge in [-0.15, -0.1) is 11.3 Å². The van der Waals surface area contributed by atoms with Crippen molar-refractivity contribution in [3.8, 4) is 10.4 Å². The number of rotatable bonds is 2. The Labute approximate surface area is 102 Å². The first-order valence-corrected chi connectivity index (χ1v) is 6.37. The molecule has 0 fully saturated rings. The van der Waals surface area contributed by atoms with Crippen LogP contribution in [0.3, 0.4) is 0 Å². The van der Waals surface area contributed by atoms with Crippen LogP contribution in [0.4, 0.5) is 0 Å². The predicted octanol–water partition coefficient (Wildman–Crippen LogP) is 3.94. The maximum atomic E-state index is 5.61. The fraction of sp³-hybridized carbons (Fsp3) is 0.167. The summed E-state index contributed by atoms with van der Waals surface area (Å²) >= 11 is 5.33. The second-order valence-corrected chi connectivity index (χ2v) is 5.48. The zero-order valence-corrected chi connectivity index (χ0v) is 10.9. The first-order valence-electron chi connectivity index (χ1n) is 4.76.